The Labute approximate surface area is 337 Å². The number of rotatable bonds is 10. The normalized spacial score (nSPS) is 13.7. The van der Waals surface area contributed by atoms with Crippen LogP contribution in [0.5, 0.6) is 0 Å². The van der Waals surface area contributed by atoms with E-state index in [-0.39, 0.29) is 29.7 Å². The van der Waals surface area contributed by atoms with Crippen LogP contribution in [0, 0.1) is 20.8 Å². The molecule has 0 saturated heterocycles. The molecular weight excluding hydrogens is 782 g/mol. The number of aryl methyl sites for hydroxylation is 2. The van der Waals surface area contributed by atoms with Crippen LogP contribution in [0.25, 0.3) is 27.0 Å². The monoisotopic (exact) mass is 817 g/mol. The van der Waals surface area contributed by atoms with E-state index in [1.165, 1.54) is 19.2 Å². The van der Waals surface area contributed by atoms with Crippen LogP contribution in [-0.4, -0.2) is 52.9 Å². The van der Waals surface area contributed by atoms with Gasteiger partial charge < -0.3 is 15.0 Å². The molecule has 3 aromatic heterocycles. The molecule has 8 rings (SSSR count). The zero-order chi connectivity index (χ0) is 40.0. The molecule has 1 aliphatic heterocycles. The van der Waals surface area contributed by atoms with Gasteiger partial charge in [0.05, 0.1) is 40.4 Å². The van der Waals surface area contributed by atoms with Crippen LogP contribution in [0.3, 0.4) is 0 Å². The Morgan fingerprint density at radius 2 is 1.60 bits per heavy atom. The van der Waals surface area contributed by atoms with Crippen molar-refractivity contribution in [2.75, 3.05) is 11.8 Å². The minimum atomic E-state index is -3.88. The highest BCUT2D eigenvalue weighted by molar-refractivity contribution is 7.92. The number of carbonyl (C=O) groups is 2. The molecule has 0 spiro atoms. The zero-order valence-corrected chi connectivity index (χ0v) is 33.6. The van der Waals surface area contributed by atoms with E-state index in [1.54, 1.807) is 60.0 Å². The first kappa shape index (κ1) is 37.8. The summed E-state index contributed by atoms with van der Waals surface area (Å²) in [5, 5.41) is 13.9. The van der Waals surface area contributed by atoms with Gasteiger partial charge in [0.2, 0.25) is 0 Å². The predicted molar refractivity (Wildman–Crippen MR) is 222 cm³/mol. The van der Waals surface area contributed by atoms with Gasteiger partial charge >= 0.3 is 5.97 Å². The quantitative estimate of drug-likeness (QED) is 0.117. The number of nitrogens with one attached hydrogen (secondary N) is 3. The molecule has 1 atom stereocenters. The third-order valence-corrected chi connectivity index (χ3v) is 12.9. The van der Waals surface area contributed by atoms with Crippen molar-refractivity contribution >= 4 is 67.1 Å². The van der Waals surface area contributed by atoms with Gasteiger partial charge in [-0.15, -0.1) is 21.5 Å². The first-order valence-electron chi connectivity index (χ1n) is 18.0. The number of esters is 1. The SMILES string of the molecule is COC(=O)C[C@@H]1N=C(c2ccc(-c3ccc(C(=O)NCc4ccc(S(=O)(=O)Nc5cccc6c(Cl)c[nH]c56)cc4)cc3)cc2)c2c(sc(C)c2C)-n2c(C)nnc21. The van der Waals surface area contributed by atoms with E-state index in [1.807, 2.05) is 47.9 Å². The van der Waals surface area contributed by atoms with E-state index in [9.17, 15) is 18.0 Å². The fourth-order valence-corrected chi connectivity index (χ4v) is 9.38. The average molecular weight is 818 g/mol. The second kappa shape index (κ2) is 15.1. The number of hydrogen-bond donors (Lipinski definition) is 3. The molecule has 1 aliphatic rings. The molecule has 0 radical (unpaired) electrons. The molecule has 1 amide bonds. The molecule has 0 bridgehead atoms. The fourth-order valence-electron chi connectivity index (χ4n) is 6.88. The molecule has 15 heteroatoms. The molecule has 3 N–H and O–H groups in total. The number of methoxy groups -OCH3 is 1. The van der Waals surface area contributed by atoms with Crippen molar-refractivity contribution in [1.82, 2.24) is 25.1 Å². The molecule has 288 valence electrons. The van der Waals surface area contributed by atoms with Crippen molar-refractivity contribution in [3.8, 4) is 16.1 Å². The second-order valence-electron chi connectivity index (χ2n) is 13.6. The summed E-state index contributed by atoms with van der Waals surface area (Å²) >= 11 is 7.84. The maximum absolute atomic E-state index is 13.1. The Kier molecular flexibility index (Phi) is 10.0. The maximum atomic E-state index is 13.1. The average Bonchev–Trinajstić information content (AvgIpc) is 3.86. The number of aromatic nitrogens is 4. The van der Waals surface area contributed by atoms with Gasteiger partial charge in [0.15, 0.2) is 5.82 Å². The number of ether oxygens (including phenoxy) is 1. The number of fused-ring (bicyclic) bond motifs is 4. The van der Waals surface area contributed by atoms with Gasteiger partial charge in [-0.25, -0.2) is 8.42 Å². The number of aliphatic imine (C=N–C) groups is 1. The van der Waals surface area contributed by atoms with Crippen molar-refractivity contribution in [3.05, 3.63) is 147 Å². The van der Waals surface area contributed by atoms with Crippen LogP contribution in [0.2, 0.25) is 5.02 Å². The van der Waals surface area contributed by atoms with Crippen LogP contribution in [-0.2, 0) is 26.1 Å². The molecule has 0 unspecified atom stereocenters. The van der Waals surface area contributed by atoms with Crippen molar-refractivity contribution in [2.45, 2.75) is 44.7 Å². The highest BCUT2D eigenvalue weighted by Gasteiger charge is 2.32. The maximum Gasteiger partial charge on any atom is 0.308 e. The highest BCUT2D eigenvalue weighted by atomic mass is 35.5. The summed E-state index contributed by atoms with van der Waals surface area (Å²) < 4.78 is 35.9. The van der Waals surface area contributed by atoms with E-state index < -0.39 is 16.1 Å². The van der Waals surface area contributed by atoms with Gasteiger partial charge in [-0.1, -0.05) is 72.3 Å². The van der Waals surface area contributed by atoms with Crippen LogP contribution in [0.15, 0.2) is 107 Å². The lowest BCUT2D eigenvalue weighted by Crippen LogP contribution is -2.22. The summed E-state index contributed by atoms with van der Waals surface area (Å²) in [6.45, 7) is 6.27. The van der Waals surface area contributed by atoms with E-state index in [0.29, 0.717) is 33.0 Å². The first-order chi connectivity index (χ1) is 27.4. The van der Waals surface area contributed by atoms with E-state index in [4.69, 9.17) is 21.3 Å². The molecule has 4 heterocycles. The summed E-state index contributed by atoms with van der Waals surface area (Å²) in [5.74, 6) is 0.673. The number of H-pyrrole nitrogens is 1. The second-order valence-corrected chi connectivity index (χ2v) is 16.9. The summed E-state index contributed by atoms with van der Waals surface area (Å²) in [6.07, 6.45) is 1.64. The van der Waals surface area contributed by atoms with Gasteiger partial charge in [0.25, 0.3) is 15.9 Å². The van der Waals surface area contributed by atoms with Crippen molar-refractivity contribution in [2.24, 2.45) is 4.99 Å². The van der Waals surface area contributed by atoms with E-state index >= 15 is 0 Å². The Morgan fingerprint density at radius 3 is 2.30 bits per heavy atom. The number of para-hydroxylation sites is 1. The van der Waals surface area contributed by atoms with Crippen molar-refractivity contribution in [1.29, 1.82) is 0 Å². The Balaban J connectivity index is 0.949. The van der Waals surface area contributed by atoms with Crippen LogP contribution < -0.4 is 10.0 Å². The number of nitrogens with zero attached hydrogens (tertiary/aromatic N) is 4. The Hall–Kier alpha value is -6.09. The molecule has 57 heavy (non-hydrogen) atoms. The number of thiophene rings is 1. The standard InChI is InChI=1S/C42H36ClN7O5S2/c1-23-24(2)56-42-37(23)38(46-35(20-36(51)55-4)40-48-47-25(3)50(40)42)29-14-10-27(11-15-29)28-12-16-30(17-13-28)41(52)45-21-26-8-18-31(19-9-26)57(53,54)49-34-7-5-6-32-33(43)22-44-39(32)34/h5-19,22,35,44,49H,20-21H2,1-4H3,(H,45,52)/t35-/m0/s1. The van der Waals surface area contributed by atoms with Crippen molar-refractivity contribution in [3.63, 3.8) is 0 Å². The van der Waals surface area contributed by atoms with Gasteiger partial charge in [-0.2, -0.15) is 0 Å². The Bertz CT molecular complexity index is 2820. The number of halogens is 1. The van der Waals surface area contributed by atoms with Crippen molar-refractivity contribution < 1.29 is 22.7 Å². The fraction of sp³-hybridized carbons (Fsp3) is 0.167. The minimum Gasteiger partial charge on any atom is -0.469 e. The third kappa shape index (κ3) is 7.23. The minimum absolute atomic E-state index is 0.0289. The van der Waals surface area contributed by atoms with Crippen LogP contribution in [0.4, 0.5) is 5.69 Å². The molecule has 4 aromatic carbocycles. The third-order valence-electron chi connectivity index (χ3n) is 10.1. The number of benzene rings is 4. The lowest BCUT2D eigenvalue weighted by Gasteiger charge is -2.12. The molecule has 0 saturated carbocycles. The van der Waals surface area contributed by atoms with Gasteiger partial charge in [0, 0.05) is 39.7 Å². The smallest absolute Gasteiger partial charge is 0.308 e. The summed E-state index contributed by atoms with van der Waals surface area (Å²) in [4.78, 5) is 35.0. The molecule has 12 nitrogen and oxygen atoms in total. The van der Waals surface area contributed by atoms with Gasteiger partial charge in [-0.3, -0.25) is 23.9 Å². The number of aromatic amines is 1. The summed E-state index contributed by atoms with van der Waals surface area (Å²) in [5.41, 5.74) is 7.85. The predicted octanol–water partition coefficient (Wildman–Crippen LogP) is 8.24. The Morgan fingerprint density at radius 1 is 0.912 bits per heavy atom. The van der Waals surface area contributed by atoms with Crippen LogP contribution in [0.1, 0.15) is 61.6 Å². The van der Waals surface area contributed by atoms with Gasteiger partial charge in [-0.05, 0) is 73.4 Å². The molecular formula is C42H36ClN7O5S2. The van der Waals surface area contributed by atoms with E-state index in [0.717, 1.165) is 54.8 Å². The van der Waals surface area contributed by atoms with Gasteiger partial charge in [0.1, 0.15) is 16.9 Å². The topological polar surface area (TPSA) is 160 Å². The largest absolute Gasteiger partial charge is 0.469 e. The highest BCUT2D eigenvalue weighted by Crippen LogP contribution is 2.40. The lowest BCUT2D eigenvalue weighted by atomic mass is 9.96. The molecule has 0 fully saturated rings. The number of anilines is 1. The number of sulfonamides is 1. The molecule has 0 aliphatic carbocycles. The number of amides is 1. The number of carbonyl (C=O) groups excluding carboxylic acids is 2. The lowest BCUT2D eigenvalue weighted by molar-refractivity contribution is -0.141. The van der Waals surface area contributed by atoms with E-state index in [2.05, 4.69) is 39.1 Å². The summed E-state index contributed by atoms with van der Waals surface area (Å²) in [7, 11) is -2.51. The number of hydrogen-bond acceptors (Lipinski definition) is 9. The van der Waals surface area contributed by atoms with Crippen LogP contribution >= 0.6 is 22.9 Å². The summed E-state index contributed by atoms with van der Waals surface area (Å²) in [6, 6.07) is 26.4. The zero-order valence-electron chi connectivity index (χ0n) is 31.3. The molecule has 7 aromatic rings. The first-order valence-corrected chi connectivity index (χ1v) is 20.6.